The minimum Gasteiger partial charge on any atom is -0.339 e. The molecule has 2 unspecified atom stereocenters. The molecule has 0 radical (unpaired) electrons. The summed E-state index contributed by atoms with van der Waals surface area (Å²) in [7, 11) is 0. The van der Waals surface area contributed by atoms with Crippen LogP contribution in [0.2, 0.25) is 0 Å². The number of hydrogen-bond donors (Lipinski definition) is 0. The molecular formula is C13H23NO. The lowest BCUT2D eigenvalue weighted by Crippen LogP contribution is -2.42. The third-order valence-electron chi connectivity index (χ3n) is 3.53. The first-order valence-corrected chi connectivity index (χ1v) is 6.11. The van der Waals surface area contributed by atoms with Crippen LogP contribution in [-0.2, 0) is 4.79 Å². The van der Waals surface area contributed by atoms with Crippen molar-refractivity contribution in [2.24, 2.45) is 5.92 Å². The van der Waals surface area contributed by atoms with E-state index >= 15 is 0 Å². The van der Waals surface area contributed by atoms with Crippen molar-refractivity contribution in [3.8, 4) is 0 Å². The largest absolute Gasteiger partial charge is 0.339 e. The second-order valence-electron chi connectivity index (χ2n) is 4.30. The van der Waals surface area contributed by atoms with Gasteiger partial charge in [-0.05, 0) is 26.7 Å². The maximum Gasteiger partial charge on any atom is 0.222 e. The Bertz CT molecular complexity index is 257. The summed E-state index contributed by atoms with van der Waals surface area (Å²) in [5.41, 5.74) is 1.46. The lowest BCUT2D eigenvalue weighted by atomic mass is 9.94. The first kappa shape index (κ1) is 12.3. The fourth-order valence-electron chi connectivity index (χ4n) is 2.66. The van der Waals surface area contributed by atoms with E-state index in [-0.39, 0.29) is 0 Å². The van der Waals surface area contributed by atoms with Gasteiger partial charge in [-0.15, -0.1) is 0 Å². The maximum atomic E-state index is 11.8. The summed E-state index contributed by atoms with van der Waals surface area (Å²) < 4.78 is 0. The molecule has 2 heteroatoms. The minimum atomic E-state index is 0.295. The highest BCUT2D eigenvalue weighted by molar-refractivity contribution is 5.76. The molecule has 1 amide bonds. The standard InChI is InChI=1S/C13H23NO/c1-5-11-10(4)8-9-12(11)14(7-3)13(15)6-2/h8,11-12H,5-7,9H2,1-4H3. The van der Waals surface area contributed by atoms with E-state index < -0.39 is 0 Å². The zero-order chi connectivity index (χ0) is 11.4. The van der Waals surface area contributed by atoms with Gasteiger partial charge in [0.1, 0.15) is 0 Å². The fourth-order valence-corrected chi connectivity index (χ4v) is 2.66. The van der Waals surface area contributed by atoms with Crippen LogP contribution in [-0.4, -0.2) is 23.4 Å². The molecule has 0 aromatic carbocycles. The molecule has 1 aliphatic carbocycles. The average molecular weight is 209 g/mol. The monoisotopic (exact) mass is 209 g/mol. The van der Waals surface area contributed by atoms with Crippen molar-refractivity contribution in [3.63, 3.8) is 0 Å². The van der Waals surface area contributed by atoms with Gasteiger partial charge in [-0.25, -0.2) is 0 Å². The first-order valence-electron chi connectivity index (χ1n) is 6.11. The molecule has 86 valence electrons. The van der Waals surface area contributed by atoms with Gasteiger partial charge in [0.05, 0.1) is 0 Å². The van der Waals surface area contributed by atoms with Crippen LogP contribution >= 0.6 is 0 Å². The topological polar surface area (TPSA) is 20.3 Å². The molecule has 2 nitrogen and oxygen atoms in total. The number of carbonyl (C=O) groups excluding carboxylic acids is 1. The van der Waals surface area contributed by atoms with Crippen LogP contribution in [0.25, 0.3) is 0 Å². The SMILES string of the molecule is CCC(=O)N(CC)C1CC=C(C)C1CC. The molecule has 15 heavy (non-hydrogen) atoms. The third kappa shape index (κ3) is 2.42. The zero-order valence-electron chi connectivity index (χ0n) is 10.4. The Morgan fingerprint density at radius 2 is 2.13 bits per heavy atom. The quantitative estimate of drug-likeness (QED) is 0.652. The summed E-state index contributed by atoms with van der Waals surface area (Å²) in [6.45, 7) is 9.27. The van der Waals surface area contributed by atoms with Crippen LogP contribution in [0.5, 0.6) is 0 Å². The van der Waals surface area contributed by atoms with Crippen LogP contribution < -0.4 is 0 Å². The Morgan fingerprint density at radius 1 is 1.47 bits per heavy atom. The Morgan fingerprint density at radius 3 is 2.60 bits per heavy atom. The van der Waals surface area contributed by atoms with Crippen molar-refractivity contribution in [1.29, 1.82) is 0 Å². The first-order chi connectivity index (χ1) is 7.15. The lowest BCUT2D eigenvalue weighted by Gasteiger charge is -2.32. The second kappa shape index (κ2) is 5.34. The Kier molecular flexibility index (Phi) is 4.37. The number of hydrogen-bond acceptors (Lipinski definition) is 1. The van der Waals surface area contributed by atoms with Gasteiger partial charge in [0, 0.05) is 24.9 Å². The lowest BCUT2D eigenvalue weighted by molar-refractivity contribution is -0.133. The second-order valence-corrected chi connectivity index (χ2v) is 4.30. The van der Waals surface area contributed by atoms with Crippen molar-refractivity contribution in [1.82, 2.24) is 4.90 Å². The predicted octanol–water partition coefficient (Wildman–Crippen LogP) is 2.99. The number of amides is 1. The number of nitrogens with zero attached hydrogens (tertiary/aromatic N) is 1. The predicted molar refractivity (Wildman–Crippen MR) is 63.6 cm³/mol. The molecule has 0 saturated carbocycles. The molecule has 0 aromatic rings. The van der Waals surface area contributed by atoms with Crippen molar-refractivity contribution in [3.05, 3.63) is 11.6 Å². The van der Waals surface area contributed by atoms with Gasteiger partial charge in [0.2, 0.25) is 5.91 Å². The van der Waals surface area contributed by atoms with Crippen LogP contribution in [0.1, 0.15) is 47.0 Å². The van der Waals surface area contributed by atoms with Crippen molar-refractivity contribution in [2.75, 3.05) is 6.54 Å². The summed E-state index contributed by atoms with van der Waals surface area (Å²) in [5.74, 6) is 0.879. The van der Waals surface area contributed by atoms with Gasteiger partial charge >= 0.3 is 0 Å². The minimum absolute atomic E-state index is 0.295. The zero-order valence-corrected chi connectivity index (χ0v) is 10.4. The van der Waals surface area contributed by atoms with Gasteiger partial charge < -0.3 is 4.90 Å². The van der Waals surface area contributed by atoms with E-state index in [1.807, 2.05) is 6.92 Å². The Balaban J connectivity index is 2.74. The van der Waals surface area contributed by atoms with E-state index in [2.05, 4.69) is 31.7 Å². The number of carbonyl (C=O) groups is 1. The molecule has 0 aromatic heterocycles. The highest BCUT2D eigenvalue weighted by Crippen LogP contribution is 2.32. The highest BCUT2D eigenvalue weighted by atomic mass is 16.2. The summed E-state index contributed by atoms with van der Waals surface area (Å²) >= 11 is 0. The van der Waals surface area contributed by atoms with E-state index in [0.29, 0.717) is 24.3 Å². The van der Waals surface area contributed by atoms with Gasteiger partial charge in [-0.3, -0.25) is 4.79 Å². The fraction of sp³-hybridized carbons (Fsp3) is 0.769. The van der Waals surface area contributed by atoms with Crippen LogP contribution in [0.3, 0.4) is 0 Å². The molecular weight excluding hydrogens is 186 g/mol. The Hall–Kier alpha value is -0.790. The molecule has 1 rings (SSSR count). The summed E-state index contributed by atoms with van der Waals surface area (Å²) in [6, 6.07) is 0.424. The Labute approximate surface area is 93.3 Å². The van der Waals surface area contributed by atoms with Gasteiger partial charge in [-0.2, -0.15) is 0 Å². The maximum absolute atomic E-state index is 11.8. The van der Waals surface area contributed by atoms with Gasteiger partial charge in [0.25, 0.3) is 0 Å². The number of rotatable bonds is 4. The molecule has 0 saturated heterocycles. The van der Waals surface area contributed by atoms with Crippen LogP contribution in [0.4, 0.5) is 0 Å². The third-order valence-corrected chi connectivity index (χ3v) is 3.53. The molecule has 0 heterocycles. The van der Waals surface area contributed by atoms with Crippen molar-refractivity contribution < 1.29 is 4.79 Å². The molecule has 0 bridgehead atoms. The van der Waals surface area contributed by atoms with Crippen molar-refractivity contribution in [2.45, 2.75) is 53.0 Å². The van der Waals surface area contributed by atoms with Crippen LogP contribution in [0.15, 0.2) is 11.6 Å². The molecule has 1 aliphatic rings. The smallest absolute Gasteiger partial charge is 0.222 e. The highest BCUT2D eigenvalue weighted by Gasteiger charge is 2.31. The van der Waals surface area contributed by atoms with E-state index in [9.17, 15) is 4.79 Å². The molecule has 0 N–H and O–H groups in total. The summed E-state index contributed by atoms with van der Waals surface area (Å²) in [4.78, 5) is 13.9. The van der Waals surface area contributed by atoms with E-state index in [1.165, 1.54) is 5.57 Å². The molecule has 0 fully saturated rings. The summed E-state index contributed by atoms with van der Waals surface area (Å²) in [6.07, 6.45) is 5.11. The van der Waals surface area contributed by atoms with Gasteiger partial charge in [0.15, 0.2) is 0 Å². The summed E-state index contributed by atoms with van der Waals surface area (Å²) in [5, 5.41) is 0. The molecule has 0 spiro atoms. The van der Waals surface area contributed by atoms with Crippen LogP contribution in [0, 0.1) is 5.92 Å². The normalized spacial score (nSPS) is 25.2. The van der Waals surface area contributed by atoms with Gasteiger partial charge in [-0.1, -0.05) is 25.5 Å². The van der Waals surface area contributed by atoms with E-state index in [4.69, 9.17) is 0 Å². The molecule has 2 atom stereocenters. The average Bonchev–Trinajstić information content (AvgIpc) is 2.60. The molecule has 0 aliphatic heterocycles. The van der Waals surface area contributed by atoms with E-state index in [0.717, 1.165) is 19.4 Å². The van der Waals surface area contributed by atoms with Crippen molar-refractivity contribution >= 4 is 5.91 Å². The van der Waals surface area contributed by atoms with E-state index in [1.54, 1.807) is 0 Å².